The molecule has 6 nitrogen and oxygen atoms in total. The number of hydrogen-bond donors (Lipinski definition) is 2. The zero-order valence-electron chi connectivity index (χ0n) is 10.8. The minimum atomic E-state index is -0.676. The number of carbonyl (C=O) groups is 3. The fourth-order valence-electron chi connectivity index (χ4n) is 1.81. The quantitative estimate of drug-likeness (QED) is 0.824. The van der Waals surface area contributed by atoms with Crippen molar-refractivity contribution in [2.24, 2.45) is 0 Å². The Kier molecular flexibility index (Phi) is 5.03. The molecule has 2 N–H and O–H groups in total. The molecule has 2 rings (SSSR count). The highest BCUT2D eigenvalue weighted by molar-refractivity contribution is 6.36. The van der Waals surface area contributed by atoms with Crippen molar-refractivity contribution < 1.29 is 19.1 Å². The van der Waals surface area contributed by atoms with Crippen LogP contribution in [-0.4, -0.2) is 30.4 Å². The monoisotopic (exact) mass is 330 g/mol. The first-order chi connectivity index (χ1) is 9.95. The number of carbonyl (C=O) groups excluding carboxylic acids is 3. The van der Waals surface area contributed by atoms with Crippen LogP contribution in [-0.2, 0) is 19.1 Å². The van der Waals surface area contributed by atoms with E-state index in [1.54, 1.807) is 12.1 Å². The molecular weight excluding hydrogens is 319 g/mol. The standard InChI is InChI=1S/C13H12Cl2N2O4/c14-7-1-2-9(8(15)5-7)16-12(19)6-21-13(20)10-3-4-11(18)17-10/h1-2,5,10H,3-4,6H2,(H,16,19)(H,17,18)/t10-/m0/s1. The summed E-state index contributed by atoms with van der Waals surface area (Å²) in [6, 6.07) is 3.92. The Bertz CT molecular complexity index is 592. The molecule has 0 spiro atoms. The third kappa shape index (κ3) is 4.34. The normalized spacial score (nSPS) is 17.2. The van der Waals surface area contributed by atoms with Gasteiger partial charge in [0.15, 0.2) is 6.61 Å². The van der Waals surface area contributed by atoms with Gasteiger partial charge < -0.3 is 15.4 Å². The summed E-state index contributed by atoms with van der Waals surface area (Å²) < 4.78 is 4.84. The maximum Gasteiger partial charge on any atom is 0.329 e. The van der Waals surface area contributed by atoms with E-state index in [0.29, 0.717) is 17.1 Å². The minimum Gasteiger partial charge on any atom is -0.454 e. The smallest absolute Gasteiger partial charge is 0.329 e. The number of hydrogen-bond acceptors (Lipinski definition) is 4. The van der Waals surface area contributed by atoms with Crippen molar-refractivity contribution in [1.82, 2.24) is 5.32 Å². The van der Waals surface area contributed by atoms with Gasteiger partial charge >= 0.3 is 5.97 Å². The number of halogens is 2. The molecule has 0 radical (unpaired) electrons. The number of anilines is 1. The van der Waals surface area contributed by atoms with E-state index in [1.807, 2.05) is 0 Å². The van der Waals surface area contributed by atoms with E-state index < -0.39 is 24.5 Å². The van der Waals surface area contributed by atoms with Gasteiger partial charge in [-0.05, 0) is 24.6 Å². The molecule has 8 heteroatoms. The third-order valence-corrected chi connectivity index (χ3v) is 3.38. The van der Waals surface area contributed by atoms with E-state index in [0.717, 1.165) is 0 Å². The predicted molar refractivity (Wildman–Crippen MR) is 77.2 cm³/mol. The van der Waals surface area contributed by atoms with Gasteiger partial charge in [-0.3, -0.25) is 9.59 Å². The molecule has 0 saturated carbocycles. The molecule has 1 heterocycles. The predicted octanol–water partition coefficient (Wildman–Crippen LogP) is 1.75. The minimum absolute atomic E-state index is 0.200. The van der Waals surface area contributed by atoms with Crippen LogP contribution in [0.3, 0.4) is 0 Å². The average Bonchev–Trinajstić information content (AvgIpc) is 2.86. The first kappa shape index (κ1) is 15.6. The summed E-state index contributed by atoms with van der Waals surface area (Å²) in [5.41, 5.74) is 0.372. The molecule has 1 aliphatic rings. The van der Waals surface area contributed by atoms with Gasteiger partial charge in [-0.1, -0.05) is 23.2 Å². The van der Waals surface area contributed by atoms with Crippen molar-refractivity contribution in [2.75, 3.05) is 11.9 Å². The summed E-state index contributed by atoms with van der Waals surface area (Å²) in [7, 11) is 0. The fourth-order valence-corrected chi connectivity index (χ4v) is 2.26. The number of esters is 1. The van der Waals surface area contributed by atoms with Crippen LogP contribution in [0.4, 0.5) is 5.69 Å². The molecule has 112 valence electrons. The highest BCUT2D eigenvalue weighted by atomic mass is 35.5. The van der Waals surface area contributed by atoms with Gasteiger partial charge in [0.2, 0.25) is 5.91 Å². The summed E-state index contributed by atoms with van der Waals surface area (Å²) in [5, 5.41) is 5.69. The van der Waals surface area contributed by atoms with Crippen LogP contribution in [0.1, 0.15) is 12.8 Å². The summed E-state index contributed by atoms with van der Waals surface area (Å²) in [6.07, 6.45) is 0.661. The Morgan fingerprint density at radius 1 is 1.38 bits per heavy atom. The molecule has 21 heavy (non-hydrogen) atoms. The largest absolute Gasteiger partial charge is 0.454 e. The zero-order chi connectivity index (χ0) is 15.4. The highest BCUT2D eigenvalue weighted by Crippen LogP contribution is 2.25. The number of amides is 2. The van der Waals surface area contributed by atoms with Crippen molar-refractivity contribution in [3.63, 3.8) is 0 Å². The van der Waals surface area contributed by atoms with Crippen molar-refractivity contribution in [2.45, 2.75) is 18.9 Å². The second-order valence-electron chi connectivity index (χ2n) is 4.44. The number of benzene rings is 1. The molecule has 1 aromatic rings. The lowest BCUT2D eigenvalue weighted by Gasteiger charge is -2.11. The molecule has 0 unspecified atom stereocenters. The van der Waals surface area contributed by atoms with E-state index in [1.165, 1.54) is 6.07 Å². The van der Waals surface area contributed by atoms with Gasteiger partial charge in [0.1, 0.15) is 6.04 Å². The molecule has 0 aliphatic carbocycles. The molecule has 1 aromatic carbocycles. The van der Waals surface area contributed by atoms with Gasteiger partial charge in [-0.25, -0.2) is 4.79 Å². The summed E-state index contributed by atoms with van der Waals surface area (Å²) >= 11 is 11.6. The molecular formula is C13H12Cl2N2O4. The number of nitrogens with one attached hydrogen (secondary N) is 2. The molecule has 0 bridgehead atoms. The van der Waals surface area contributed by atoms with E-state index in [4.69, 9.17) is 27.9 Å². The van der Waals surface area contributed by atoms with Crippen LogP contribution in [0, 0.1) is 0 Å². The van der Waals surface area contributed by atoms with Crippen LogP contribution < -0.4 is 10.6 Å². The van der Waals surface area contributed by atoms with Crippen molar-refractivity contribution in [3.8, 4) is 0 Å². The van der Waals surface area contributed by atoms with Crippen molar-refractivity contribution >= 4 is 46.7 Å². The topological polar surface area (TPSA) is 84.5 Å². The van der Waals surface area contributed by atoms with Gasteiger partial charge in [-0.2, -0.15) is 0 Å². The Morgan fingerprint density at radius 3 is 2.76 bits per heavy atom. The SMILES string of the molecule is O=C(COC(=O)[C@@H]1CCC(=O)N1)Nc1ccc(Cl)cc1Cl. The Labute approximate surface area is 130 Å². The van der Waals surface area contributed by atoms with E-state index in [-0.39, 0.29) is 17.4 Å². The maximum atomic E-state index is 11.7. The van der Waals surface area contributed by atoms with Crippen LogP contribution in [0.25, 0.3) is 0 Å². The molecule has 1 fully saturated rings. The lowest BCUT2D eigenvalue weighted by Crippen LogP contribution is -2.36. The van der Waals surface area contributed by atoms with Gasteiger partial charge in [0.25, 0.3) is 5.91 Å². The third-order valence-electron chi connectivity index (χ3n) is 2.83. The van der Waals surface area contributed by atoms with Crippen LogP contribution >= 0.6 is 23.2 Å². The lowest BCUT2D eigenvalue weighted by molar-refractivity contribution is -0.149. The fraction of sp³-hybridized carbons (Fsp3) is 0.308. The zero-order valence-corrected chi connectivity index (χ0v) is 12.3. The molecule has 2 amide bonds. The van der Waals surface area contributed by atoms with Crippen molar-refractivity contribution in [3.05, 3.63) is 28.2 Å². The first-order valence-corrected chi connectivity index (χ1v) is 6.92. The molecule has 0 aromatic heterocycles. The first-order valence-electron chi connectivity index (χ1n) is 6.16. The summed E-state index contributed by atoms with van der Waals surface area (Å²) in [5.74, 6) is -1.36. The van der Waals surface area contributed by atoms with Crippen LogP contribution in [0.15, 0.2) is 18.2 Å². The second-order valence-corrected chi connectivity index (χ2v) is 5.28. The Balaban J connectivity index is 1.82. The summed E-state index contributed by atoms with van der Waals surface area (Å²) in [6.45, 7) is -0.454. The van der Waals surface area contributed by atoms with Crippen molar-refractivity contribution in [1.29, 1.82) is 0 Å². The van der Waals surface area contributed by atoms with E-state index in [2.05, 4.69) is 10.6 Å². The van der Waals surface area contributed by atoms with E-state index in [9.17, 15) is 14.4 Å². The Morgan fingerprint density at radius 2 is 2.14 bits per heavy atom. The van der Waals surface area contributed by atoms with Crippen LogP contribution in [0.5, 0.6) is 0 Å². The molecule has 1 saturated heterocycles. The van der Waals surface area contributed by atoms with Gasteiger partial charge in [-0.15, -0.1) is 0 Å². The van der Waals surface area contributed by atoms with E-state index >= 15 is 0 Å². The van der Waals surface area contributed by atoms with Gasteiger partial charge in [0, 0.05) is 11.4 Å². The summed E-state index contributed by atoms with van der Waals surface area (Å²) in [4.78, 5) is 34.2. The average molecular weight is 331 g/mol. The second kappa shape index (κ2) is 6.78. The Hall–Kier alpha value is -1.79. The van der Waals surface area contributed by atoms with Crippen LogP contribution in [0.2, 0.25) is 10.0 Å². The highest BCUT2D eigenvalue weighted by Gasteiger charge is 2.28. The number of rotatable bonds is 4. The molecule has 1 atom stereocenters. The molecule has 1 aliphatic heterocycles. The number of ether oxygens (including phenoxy) is 1. The lowest BCUT2D eigenvalue weighted by atomic mass is 10.2. The maximum absolute atomic E-state index is 11.7. The van der Waals surface area contributed by atoms with Gasteiger partial charge in [0.05, 0.1) is 10.7 Å².